The SMILES string of the molecule is N[C@H]1CC[C@@H]2NC(=O)N(c3nc4c5c(ccc4s3)OCC5)C2C1. The minimum absolute atomic E-state index is 0.0407. The molecule has 0 bridgehead atoms. The van der Waals surface area contributed by atoms with Gasteiger partial charge in [-0.15, -0.1) is 0 Å². The molecule has 0 spiro atoms. The van der Waals surface area contributed by atoms with Crippen molar-refractivity contribution in [2.45, 2.75) is 43.8 Å². The smallest absolute Gasteiger partial charge is 0.324 e. The number of carbonyl (C=O) groups excluding carboxylic acids is 1. The summed E-state index contributed by atoms with van der Waals surface area (Å²) in [5.74, 6) is 0.929. The third-order valence-electron chi connectivity index (χ3n) is 5.14. The first-order valence-corrected chi connectivity index (χ1v) is 8.93. The Hall–Kier alpha value is -1.86. The zero-order chi connectivity index (χ0) is 15.6. The molecule has 0 radical (unpaired) electrons. The number of urea groups is 1. The highest BCUT2D eigenvalue weighted by atomic mass is 32.1. The fourth-order valence-electron chi connectivity index (χ4n) is 4.00. The average molecular weight is 330 g/mol. The second-order valence-corrected chi connectivity index (χ2v) is 7.56. The Bertz CT molecular complexity index is 805. The lowest BCUT2D eigenvalue weighted by molar-refractivity contribution is 0.250. The number of ether oxygens (including phenoxy) is 1. The van der Waals surface area contributed by atoms with Crippen molar-refractivity contribution in [1.29, 1.82) is 0 Å². The van der Waals surface area contributed by atoms with Gasteiger partial charge in [-0.05, 0) is 31.4 Å². The molecule has 1 saturated carbocycles. The molecule has 2 aromatic rings. The van der Waals surface area contributed by atoms with E-state index in [1.807, 2.05) is 17.0 Å². The summed E-state index contributed by atoms with van der Waals surface area (Å²) in [5, 5.41) is 3.87. The Balaban J connectivity index is 1.58. The van der Waals surface area contributed by atoms with E-state index in [2.05, 4.69) is 5.32 Å². The maximum Gasteiger partial charge on any atom is 0.324 e. The summed E-state index contributed by atoms with van der Waals surface area (Å²) >= 11 is 1.58. The molecule has 1 unspecified atom stereocenters. The third-order valence-corrected chi connectivity index (χ3v) is 6.16. The van der Waals surface area contributed by atoms with Crippen LogP contribution in [0.2, 0.25) is 0 Å². The van der Waals surface area contributed by atoms with Crippen LogP contribution in [-0.4, -0.2) is 35.7 Å². The number of anilines is 1. The number of hydrogen-bond acceptors (Lipinski definition) is 5. The van der Waals surface area contributed by atoms with Crippen molar-refractivity contribution in [1.82, 2.24) is 10.3 Å². The van der Waals surface area contributed by atoms with E-state index >= 15 is 0 Å². The van der Waals surface area contributed by atoms with E-state index in [0.29, 0.717) is 6.61 Å². The van der Waals surface area contributed by atoms with Crippen molar-refractivity contribution >= 4 is 32.7 Å². The molecule has 2 amide bonds. The monoisotopic (exact) mass is 330 g/mol. The molecule has 5 rings (SSSR count). The maximum atomic E-state index is 12.5. The average Bonchev–Trinajstić information content (AvgIpc) is 3.20. The van der Waals surface area contributed by atoms with Crippen molar-refractivity contribution in [3.63, 3.8) is 0 Å². The van der Waals surface area contributed by atoms with Gasteiger partial charge in [-0.3, -0.25) is 4.90 Å². The second kappa shape index (κ2) is 4.82. The summed E-state index contributed by atoms with van der Waals surface area (Å²) in [4.78, 5) is 19.1. The fourth-order valence-corrected chi connectivity index (χ4v) is 5.05. The van der Waals surface area contributed by atoms with E-state index in [-0.39, 0.29) is 24.2 Å². The highest BCUT2D eigenvalue weighted by Gasteiger charge is 2.44. The van der Waals surface area contributed by atoms with Crippen LogP contribution < -0.4 is 20.7 Å². The molecule has 1 aromatic heterocycles. The molecule has 3 aliphatic rings. The number of rotatable bonds is 1. The van der Waals surface area contributed by atoms with Crippen LogP contribution in [0.25, 0.3) is 10.2 Å². The van der Waals surface area contributed by atoms with E-state index in [9.17, 15) is 4.79 Å². The van der Waals surface area contributed by atoms with Crippen LogP contribution in [0.3, 0.4) is 0 Å². The molecule has 7 heteroatoms. The maximum absolute atomic E-state index is 12.5. The van der Waals surface area contributed by atoms with Crippen LogP contribution in [-0.2, 0) is 6.42 Å². The van der Waals surface area contributed by atoms with E-state index in [1.165, 1.54) is 5.56 Å². The molecule has 3 heterocycles. The molecule has 6 nitrogen and oxygen atoms in total. The highest BCUT2D eigenvalue weighted by Crippen LogP contribution is 2.40. The zero-order valence-corrected chi connectivity index (χ0v) is 13.4. The molecular weight excluding hydrogens is 312 g/mol. The van der Waals surface area contributed by atoms with Crippen LogP contribution in [0, 0.1) is 0 Å². The molecule has 2 fully saturated rings. The molecule has 1 saturated heterocycles. The fraction of sp³-hybridized carbons (Fsp3) is 0.500. The van der Waals surface area contributed by atoms with Crippen LogP contribution in [0.1, 0.15) is 24.8 Å². The third kappa shape index (κ3) is 1.96. The van der Waals surface area contributed by atoms with Gasteiger partial charge in [0.25, 0.3) is 0 Å². The van der Waals surface area contributed by atoms with Crippen LogP contribution in [0.4, 0.5) is 9.93 Å². The number of carbonyl (C=O) groups is 1. The highest BCUT2D eigenvalue weighted by molar-refractivity contribution is 7.22. The number of thiazole rings is 1. The van der Waals surface area contributed by atoms with Gasteiger partial charge >= 0.3 is 6.03 Å². The van der Waals surface area contributed by atoms with Gasteiger partial charge in [0.2, 0.25) is 0 Å². The lowest BCUT2D eigenvalue weighted by atomic mass is 9.88. The molecule has 23 heavy (non-hydrogen) atoms. The zero-order valence-electron chi connectivity index (χ0n) is 12.6. The Kier molecular flexibility index (Phi) is 2.84. The Morgan fingerprint density at radius 1 is 1.39 bits per heavy atom. The number of nitrogens with one attached hydrogen (secondary N) is 1. The minimum Gasteiger partial charge on any atom is -0.493 e. The largest absolute Gasteiger partial charge is 0.493 e. The number of amides is 2. The molecular formula is C16H18N4O2S. The number of fused-ring (bicyclic) bond motifs is 4. The topological polar surface area (TPSA) is 80.5 Å². The summed E-state index contributed by atoms with van der Waals surface area (Å²) in [6.45, 7) is 0.713. The Morgan fingerprint density at radius 3 is 3.22 bits per heavy atom. The first kappa shape index (κ1) is 13.6. The molecule has 1 aliphatic carbocycles. The first-order chi connectivity index (χ1) is 11.2. The van der Waals surface area contributed by atoms with Gasteiger partial charge in [-0.25, -0.2) is 9.78 Å². The van der Waals surface area contributed by atoms with Gasteiger partial charge in [0.05, 0.1) is 28.9 Å². The van der Waals surface area contributed by atoms with Gasteiger partial charge in [0, 0.05) is 18.0 Å². The predicted octanol–water partition coefficient (Wildman–Crippen LogP) is 2.01. The number of nitrogens with two attached hydrogens (primary N) is 1. The number of hydrogen-bond donors (Lipinski definition) is 2. The van der Waals surface area contributed by atoms with E-state index in [1.54, 1.807) is 11.3 Å². The molecule has 120 valence electrons. The van der Waals surface area contributed by atoms with Crippen molar-refractivity contribution in [2.24, 2.45) is 5.73 Å². The van der Waals surface area contributed by atoms with Crippen LogP contribution in [0.5, 0.6) is 5.75 Å². The van der Waals surface area contributed by atoms with Gasteiger partial charge in [0.15, 0.2) is 5.13 Å². The van der Waals surface area contributed by atoms with Crippen LogP contribution >= 0.6 is 11.3 Å². The summed E-state index contributed by atoms with van der Waals surface area (Å²) in [6.07, 6.45) is 3.64. The lowest BCUT2D eigenvalue weighted by Gasteiger charge is -2.31. The molecule has 2 aliphatic heterocycles. The summed E-state index contributed by atoms with van der Waals surface area (Å²) in [5.41, 5.74) is 8.28. The second-order valence-electron chi connectivity index (χ2n) is 6.55. The number of aromatic nitrogens is 1. The lowest BCUT2D eigenvalue weighted by Crippen LogP contribution is -2.45. The minimum atomic E-state index is -0.0407. The normalized spacial score (nSPS) is 29.3. The van der Waals surface area contributed by atoms with Gasteiger partial charge in [0.1, 0.15) is 5.75 Å². The van der Waals surface area contributed by atoms with E-state index in [0.717, 1.165) is 46.8 Å². The van der Waals surface area contributed by atoms with Crippen molar-refractivity contribution in [3.05, 3.63) is 17.7 Å². The Morgan fingerprint density at radius 2 is 2.30 bits per heavy atom. The molecule has 3 N–H and O–H groups in total. The Labute approximate surface area is 137 Å². The standard InChI is InChI=1S/C16H18N4O2S/c17-8-1-2-10-11(7-8)20(15(21)18-10)16-19-14-9-5-6-22-12(9)3-4-13(14)23-16/h3-4,8,10-11H,1-2,5-7,17H2,(H,18,21)/t8-,10-,11?/m0/s1. The summed E-state index contributed by atoms with van der Waals surface area (Å²) in [6, 6.07) is 4.49. The van der Waals surface area contributed by atoms with Gasteiger partial charge < -0.3 is 15.8 Å². The first-order valence-electron chi connectivity index (χ1n) is 8.11. The van der Waals surface area contributed by atoms with E-state index < -0.39 is 0 Å². The molecule has 1 aromatic carbocycles. The van der Waals surface area contributed by atoms with Crippen molar-refractivity contribution in [3.8, 4) is 5.75 Å². The van der Waals surface area contributed by atoms with Gasteiger partial charge in [-0.2, -0.15) is 0 Å². The quantitative estimate of drug-likeness (QED) is 0.838. The number of benzene rings is 1. The van der Waals surface area contributed by atoms with Crippen LogP contribution in [0.15, 0.2) is 12.1 Å². The molecule has 3 atom stereocenters. The summed E-state index contributed by atoms with van der Waals surface area (Å²) in [7, 11) is 0. The predicted molar refractivity (Wildman–Crippen MR) is 89.2 cm³/mol. The van der Waals surface area contributed by atoms with Gasteiger partial charge in [-0.1, -0.05) is 11.3 Å². The van der Waals surface area contributed by atoms with E-state index in [4.69, 9.17) is 15.5 Å². The van der Waals surface area contributed by atoms with Crippen molar-refractivity contribution in [2.75, 3.05) is 11.5 Å². The summed E-state index contributed by atoms with van der Waals surface area (Å²) < 4.78 is 6.73. The van der Waals surface area contributed by atoms with Crippen molar-refractivity contribution < 1.29 is 9.53 Å². The number of nitrogens with zero attached hydrogens (tertiary/aromatic N) is 2.